The summed E-state index contributed by atoms with van der Waals surface area (Å²) in [5, 5.41) is 2.63. The van der Waals surface area contributed by atoms with Gasteiger partial charge in [0.2, 0.25) is 5.91 Å². The van der Waals surface area contributed by atoms with E-state index in [9.17, 15) is 18.8 Å². The van der Waals surface area contributed by atoms with Crippen LogP contribution in [0.25, 0.3) is 0 Å². The molecule has 4 rings (SSSR count). The monoisotopic (exact) mass is 397 g/mol. The molecule has 1 saturated heterocycles. The summed E-state index contributed by atoms with van der Waals surface area (Å²) < 4.78 is 18.5. The summed E-state index contributed by atoms with van der Waals surface area (Å²) in [7, 11) is 0. The van der Waals surface area contributed by atoms with Gasteiger partial charge in [-0.3, -0.25) is 19.3 Å². The van der Waals surface area contributed by atoms with Crippen molar-refractivity contribution in [2.75, 3.05) is 36.5 Å². The van der Waals surface area contributed by atoms with Gasteiger partial charge in [-0.05, 0) is 55.3 Å². The minimum absolute atomic E-state index is 0.0981. The van der Waals surface area contributed by atoms with Crippen LogP contribution >= 0.6 is 0 Å². The van der Waals surface area contributed by atoms with Gasteiger partial charge in [0.25, 0.3) is 11.8 Å². The second-order valence-electron chi connectivity index (χ2n) is 7.01. The van der Waals surface area contributed by atoms with Gasteiger partial charge in [-0.1, -0.05) is 0 Å². The Balaban J connectivity index is 1.54. The molecule has 2 aliphatic heterocycles. The topological polar surface area (TPSA) is 79.0 Å². The van der Waals surface area contributed by atoms with Gasteiger partial charge in [-0.2, -0.15) is 0 Å². The fraction of sp³-hybridized carbons (Fsp3) is 0.286. The molecule has 1 N–H and O–H groups in total. The summed E-state index contributed by atoms with van der Waals surface area (Å²) in [6.45, 7) is 1.01. The van der Waals surface area contributed by atoms with Gasteiger partial charge in [-0.25, -0.2) is 4.39 Å². The third kappa shape index (κ3) is 4.06. The zero-order chi connectivity index (χ0) is 20.4. The molecule has 0 unspecified atom stereocenters. The van der Waals surface area contributed by atoms with Gasteiger partial charge in [0, 0.05) is 24.3 Å². The Labute approximate surface area is 167 Å². The van der Waals surface area contributed by atoms with Crippen LogP contribution in [0.3, 0.4) is 0 Å². The van der Waals surface area contributed by atoms with Crippen molar-refractivity contribution in [1.82, 2.24) is 4.90 Å². The predicted octanol–water partition coefficient (Wildman–Crippen LogP) is 2.43. The lowest BCUT2D eigenvalue weighted by molar-refractivity contribution is -0.123. The van der Waals surface area contributed by atoms with E-state index in [1.807, 2.05) is 0 Å². The number of likely N-dealkylation sites (tertiary alicyclic amines) is 1. The van der Waals surface area contributed by atoms with Crippen molar-refractivity contribution < 1.29 is 23.5 Å². The normalized spacial score (nSPS) is 15.7. The van der Waals surface area contributed by atoms with Gasteiger partial charge in [0.05, 0.1) is 5.69 Å². The molecule has 2 heterocycles. The highest BCUT2D eigenvalue weighted by Crippen LogP contribution is 2.33. The molecular formula is C21H20FN3O4. The number of anilines is 2. The summed E-state index contributed by atoms with van der Waals surface area (Å²) >= 11 is 0. The number of hydrogen-bond acceptors (Lipinski definition) is 4. The number of hydrogen-bond donors (Lipinski definition) is 1. The Hall–Kier alpha value is -3.42. The smallest absolute Gasteiger partial charge is 0.265 e. The Kier molecular flexibility index (Phi) is 5.16. The average molecular weight is 397 g/mol. The van der Waals surface area contributed by atoms with Gasteiger partial charge < -0.3 is 15.0 Å². The molecule has 7 nitrogen and oxygen atoms in total. The van der Waals surface area contributed by atoms with Crippen molar-refractivity contribution in [2.45, 2.75) is 12.8 Å². The van der Waals surface area contributed by atoms with Crippen LogP contribution in [-0.2, 0) is 9.59 Å². The molecule has 29 heavy (non-hydrogen) atoms. The van der Waals surface area contributed by atoms with E-state index in [-0.39, 0.29) is 25.0 Å². The molecular weight excluding hydrogens is 377 g/mol. The third-order valence-electron chi connectivity index (χ3n) is 4.97. The Morgan fingerprint density at radius 3 is 2.52 bits per heavy atom. The zero-order valence-corrected chi connectivity index (χ0v) is 15.7. The number of rotatable bonds is 4. The average Bonchev–Trinajstić information content (AvgIpc) is 3.26. The van der Waals surface area contributed by atoms with Crippen LogP contribution < -0.4 is 15.0 Å². The lowest BCUT2D eigenvalue weighted by Gasteiger charge is -2.29. The molecule has 150 valence electrons. The third-order valence-corrected chi connectivity index (χ3v) is 4.97. The van der Waals surface area contributed by atoms with E-state index in [1.54, 1.807) is 23.1 Å². The Bertz CT molecular complexity index is 955. The molecule has 0 aliphatic carbocycles. The lowest BCUT2D eigenvalue weighted by Crippen LogP contribution is -2.43. The van der Waals surface area contributed by atoms with E-state index in [1.165, 1.54) is 29.2 Å². The molecule has 0 radical (unpaired) electrons. The molecule has 0 bridgehead atoms. The summed E-state index contributed by atoms with van der Waals surface area (Å²) in [6.07, 6.45) is 1.96. The fourth-order valence-electron chi connectivity index (χ4n) is 3.49. The number of amides is 3. The minimum atomic E-state index is -0.436. The molecule has 2 aromatic carbocycles. The first-order valence-electron chi connectivity index (χ1n) is 9.43. The van der Waals surface area contributed by atoms with Gasteiger partial charge >= 0.3 is 0 Å². The van der Waals surface area contributed by atoms with Crippen LogP contribution in [0.2, 0.25) is 0 Å². The summed E-state index contributed by atoms with van der Waals surface area (Å²) in [5.74, 6) is -0.877. The molecule has 3 amide bonds. The minimum Gasteiger partial charge on any atom is -0.482 e. The molecule has 2 aromatic rings. The number of benzene rings is 2. The number of carbonyl (C=O) groups excluding carboxylic acids is 3. The van der Waals surface area contributed by atoms with Crippen LogP contribution in [0.4, 0.5) is 15.8 Å². The Morgan fingerprint density at radius 2 is 1.79 bits per heavy atom. The van der Waals surface area contributed by atoms with E-state index < -0.39 is 11.7 Å². The number of halogens is 1. The highest BCUT2D eigenvalue weighted by Gasteiger charge is 2.29. The first-order valence-corrected chi connectivity index (χ1v) is 9.43. The van der Waals surface area contributed by atoms with Crippen LogP contribution in [-0.4, -0.2) is 48.9 Å². The maximum Gasteiger partial charge on any atom is 0.265 e. The molecule has 1 fully saturated rings. The number of nitrogens with one attached hydrogen (secondary N) is 1. The SMILES string of the molecule is O=C(CN1C(=O)COc2ccc(C(=O)N3CCCC3)cc21)Nc1ccc(F)cc1. The van der Waals surface area contributed by atoms with E-state index >= 15 is 0 Å². The molecule has 0 atom stereocenters. The summed E-state index contributed by atoms with van der Waals surface area (Å²) in [6, 6.07) is 10.3. The first-order chi connectivity index (χ1) is 14.0. The fourth-order valence-corrected chi connectivity index (χ4v) is 3.49. The van der Waals surface area contributed by atoms with E-state index in [4.69, 9.17) is 4.74 Å². The molecule has 0 spiro atoms. The van der Waals surface area contributed by atoms with Crippen molar-refractivity contribution >= 4 is 29.1 Å². The largest absolute Gasteiger partial charge is 0.482 e. The highest BCUT2D eigenvalue weighted by molar-refractivity contribution is 6.06. The zero-order valence-electron chi connectivity index (χ0n) is 15.7. The van der Waals surface area contributed by atoms with Gasteiger partial charge in [0.1, 0.15) is 18.1 Å². The van der Waals surface area contributed by atoms with Crippen LogP contribution in [0.1, 0.15) is 23.2 Å². The predicted molar refractivity (Wildman–Crippen MR) is 104 cm³/mol. The highest BCUT2D eigenvalue weighted by atomic mass is 19.1. The van der Waals surface area contributed by atoms with E-state index in [0.29, 0.717) is 22.7 Å². The second kappa shape index (κ2) is 7.90. The molecule has 8 heteroatoms. The van der Waals surface area contributed by atoms with E-state index in [0.717, 1.165) is 25.9 Å². The summed E-state index contributed by atoms with van der Waals surface area (Å²) in [5.41, 5.74) is 1.27. The van der Waals surface area contributed by atoms with Crippen molar-refractivity contribution in [3.05, 3.63) is 53.8 Å². The lowest BCUT2D eigenvalue weighted by atomic mass is 10.1. The van der Waals surface area contributed by atoms with Crippen LogP contribution in [0.5, 0.6) is 5.75 Å². The molecule has 0 saturated carbocycles. The van der Waals surface area contributed by atoms with Crippen molar-refractivity contribution in [2.24, 2.45) is 0 Å². The molecule has 2 aliphatic rings. The standard InChI is InChI=1S/C21H20FN3O4/c22-15-4-6-16(7-5-15)23-19(26)12-25-17-11-14(21(28)24-9-1-2-10-24)3-8-18(17)29-13-20(25)27/h3-8,11H,1-2,9-10,12-13H2,(H,23,26). The quantitative estimate of drug-likeness (QED) is 0.860. The van der Waals surface area contributed by atoms with Crippen molar-refractivity contribution in [1.29, 1.82) is 0 Å². The first kappa shape index (κ1) is 18.9. The maximum atomic E-state index is 13.0. The van der Waals surface area contributed by atoms with Crippen LogP contribution in [0.15, 0.2) is 42.5 Å². The van der Waals surface area contributed by atoms with Crippen molar-refractivity contribution in [3.63, 3.8) is 0 Å². The van der Waals surface area contributed by atoms with Crippen molar-refractivity contribution in [3.8, 4) is 5.75 Å². The Morgan fingerprint density at radius 1 is 1.07 bits per heavy atom. The molecule has 0 aromatic heterocycles. The van der Waals surface area contributed by atoms with E-state index in [2.05, 4.69) is 5.32 Å². The summed E-state index contributed by atoms with van der Waals surface area (Å²) in [4.78, 5) is 40.6. The van der Waals surface area contributed by atoms with Crippen LogP contribution in [0, 0.1) is 5.82 Å². The van der Waals surface area contributed by atoms with Gasteiger partial charge in [-0.15, -0.1) is 0 Å². The second-order valence-corrected chi connectivity index (χ2v) is 7.01. The number of fused-ring (bicyclic) bond motifs is 1. The maximum absolute atomic E-state index is 13.0. The number of ether oxygens (including phenoxy) is 1. The number of carbonyl (C=O) groups is 3. The number of nitrogens with zero attached hydrogens (tertiary/aromatic N) is 2. The van der Waals surface area contributed by atoms with Gasteiger partial charge in [0.15, 0.2) is 6.61 Å².